The Balaban J connectivity index is 1.80. The molecule has 1 aromatic rings. The number of hydrogen-bond acceptors (Lipinski definition) is 3. The molecule has 3 rings (SSSR count). The van der Waals surface area contributed by atoms with E-state index in [2.05, 4.69) is 12.1 Å². The third-order valence-corrected chi connectivity index (χ3v) is 5.10. The van der Waals surface area contributed by atoms with Crippen LogP contribution in [0, 0.1) is 5.92 Å². The van der Waals surface area contributed by atoms with Crippen LogP contribution in [0.1, 0.15) is 38.7 Å². The van der Waals surface area contributed by atoms with E-state index in [0.717, 1.165) is 38.9 Å². The summed E-state index contributed by atoms with van der Waals surface area (Å²) in [5.41, 5.74) is 0.376. The second-order valence-electron chi connectivity index (χ2n) is 7.33. The van der Waals surface area contributed by atoms with Crippen molar-refractivity contribution in [3.05, 3.63) is 35.9 Å². The van der Waals surface area contributed by atoms with Gasteiger partial charge in [0, 0.05) is 19.6 Å². The Labute approximate surface area is 143 Å². The average molecular weight is 333 g/mol. The molecule has 132 valence electrons. The van der Waals surface area contributed by atoms with Gasteiger partial charge in [0.05, 0.1) is 12.1 Å². The van der Waals surface area contributed by atoms with Gasteiger partial charge in [-0.15, -0.1) is 0 Å². The largest absolute Gasteiger partial charge is 0.465 e. The Morgan fingerprint density at radius 3 is 2.71 bits per heavy atom. The van der Waals surface area contributed by atoms with E-state index in [1.165, 1.54) is 10.5 Å². The summed E-state index contributed by atoms with van der Waals surface area (Å²) in [6, 6.07) is 10.0. The monoisotopic (exact) mass is 333 g/mol. The van der Waals surface area contributed by atoms with Gasteiger partial charge in [-0.1, -0.05) is 30.3 Å². The number of carbonyl (C=O) groups is 1. The van der Waals surface area contributed by atoms with Crippen molar-refractivity contribution in [2.75, 3.05) is 13.2 Å². The van der Waals surface area contributed by atoms with Crippen LogP contribution < -0.4 is 0 Å². The maximum atomic E-state index is 11.9. The standard InChI is InChI=1S/C19H27NO4/c1-19(2)20(18(21)22)16(11-15-9-6-10-23-13-15)17(24-19)12-14-7-4-3-5-8-14/h3-5,7-8,15-17H,6,9-13H2,1-2H3,(H,21,22)/t15-,16?,17?/m1/s1. The molecule has 0 bridgehead atoms. The first-order valence-corrected chi connectivity index (χ1v) is 8.79. The number of ether oxygens (including phenoxy) is 2. The molecule has 0 spiro atoms. The summed E-state index contributed by atoms with van der Waals surface area (Å²) < 4.78 is 11.8. The molecule has 5 nitrogen and oxygen atoms in total. The van der Waals surface area contributed by atoms with Gasteiger partial charge in [0.15, 0.2) is 0 Å². The lowest BCUT2D eigenvalue weighted by Gasteiger charge is -2.33. The lowest BCUT2D eigenvalue weighted by atomic mass is 9.89. The Hall–Kier alpha value is -1.59. The molecule has 2 aliphatic rings. The second kappa shape index (κ2) is 7.11. The molecule has 2 saturated heterocycles. The summed E-state index contributed by atoms with van der Waals surface area (Å²) in [6.45, 7) is 5.23. The fourth-order valence-electron chi connectivity index (χ4n) is 4.06. The molecule has 0 aromatic heterocycles. The predicted octanol–water partition coefficient (Wildman–Crippen LogP) is 3.53. The summed E-state index contributed by atoms with van der Waals surface area (Å²) >= 11 is 0. The van der Waals surface area contributed by atoms with Gasteiger partial charge in [-0.3, -0.25) is 4.90 Å². The minimum Gasteiger partial charge on any atom is -0.465 e. The van der Waals surface area contributed by atoms with E-state index in [1.54, 1.807) is 0 Å². The number of rotatable bonds is 4. The number of benzene rings is 1. The number of amides is 1. The highest BCUT2D eigenvalue weighted by Crippen LogP contribution is 2.37. The van der Waals surface area contributed by atoms with Crippen molar-refractivity contribution in [2.45, 2.75) is 57.4 Å². The number of hydrogen-bond donors (Lipinski definition) is 1. The Bertz CT molecular complexity index is 554. The summed E-state index contributed by atoms with van der Waals surface area (Å²) in [7, 11) is 0. The summed E-state index contributed by atoms with van der Waals surface area (Å²) in [5, 5.41) is 9.75. The summed E-state index contributed by atoms with van der Waals surface area (Å²) in [5.74, 6) is 0.404. The normalized spacial score (nSPS) is 29.6. The van der Waals surface area contributed by atoms with Crippen molar-refractivity contribution in [3.8, 4) is 0 Å². The molecule has 2 aliphatic heterocycles. The first kappa shape index (κ1) is 17.2. The molecule has 1 aromatic carbocycles. The fourth-order valence-corrected chi connectivity index (χ4v) is 4.06. The molecule has 2 heterocycles. The molecular formula is C19H27NO4. The van der Waals surface area contributed by atoms with Crippen LogP contribution >= 0.6 is 0 Å². The lowest BCUT2D eigenvalue weighted by molar-refractivity contribution is -0.0660. The minimum atomic E-state index is -0.905. The molecule has 1 amide bonds. The average Bonchev–Trinajstić information content (AvgIpc) is 2.79. The van der Waals surface area contributed by atoms with Gasteiger partial charge in [-0.25, -0.2) is 4.79 Å². The van der Waals surface area contributed by atoms with Crippen LogP contribution in [-0.2, 0) is 15.9 Å². The summed E-state index contributed by atoms with van der Waals surface area (Å²) in [6.07, 6.45) is 2.65. The van der Waals surface area contributed by atoms with Crippen molar-refractivity contribution < 1.29 is 19.4 Å². The molecule has 2 unspecified atom stereocenters. The van der Waals surface area contributed by atoms with Gasteiger partial charge in [0.2, 0.25) is 0 Å². The van der Waals surface area contributed by atoms with Gasteiger partial charge in [0.25, 0.3) is 0 Å². The van der Waals surface area contributed by atoms with Crippen molar-refractivity contribution >= 4 is 6.09 Å². The van der Waals surface area contributed by atoms with Crippen LogP contribution in [-0.4, -0.2) is 47.2 Å². The van der Waals surface area contributed by atoms with Crippen molar-refractivity contribution in [2.24, 2.45) is 5.92 Å². The Morgan fingerprint density at radius 2 is 2.08 bits per heavy atom. The molecular weight excluding hydrogens is 306 g/mol. The maximum absolute atomic E-state index is 11.9. The van der Waals surface area contributed by atoms with Gasteiger partial charge in [-0.05, 0) is 44.6 Å². The maximum Gasteiger partial charge on any atom is 0.409 e. The van der Waals surface area contributed by atoms with E-state index >= 15 is 0 Å². The number of carboxylic acid groups (broad SMARTS) is 1. The van der Waals surface area contributed by atoms with E-state index in [9.17, 15) is 9.90 Å². The van der Waals surface area contributed by atoms with Crippen molar-refractivity contribution in [1.82, 2.24) is 4.90 Å². The SMILES string of the molecule is CC1(C)OC(Cc2ccccc2)C(C[C@H]2CCCOC2)N1C(=O)O. The summed E-state index contributed by atoms with van der Waals surface area (Å²) in [4.78, 5) is 13.4. The molecule has 0 radical (unpaired) electrons. The van der Waals surface area contributed by atoms with E-state index in [4.69, 9.17) is 9.47 Å². The van der Waals surface area contributed by atoms with Crippen LogP contribution in [0.2, 0.25) is 0 Å². The molecule has 3 atom stereocenters. The van der Waals surface area contributed by atoms with E-state index in [1.807, 2.05) is 32.0 Å². The molecule has 5 heteroatoms. The molecule has 2 fully saturated rings. The zero-order chi connectivity index (χ0) is 17.2. The predicted molar refractivity (Wildman–Crippen MR) is 90.9 cm³/mol. The van der Waals surface area contributed by atoms with Gasteiger partial charge in [0.1, 0.15) is 5.72 Å². The lowest BCUT2D eigenvalue weighted by Crippen LogP contribution is -2.48. The molecule has 24 heavy (non-hydrogen) atoms. The third-order valence-electron chi connectivity index (χ3n) is 5.10. The third kappa shape index (κ3) is 3.73. The van der Waals surface area contributed by atoms with Crippen LogP contribution in [0.5, 0.6) is 0 Å². The highest BCUT2D eigenvalue weighted by Gasteiger charge is 2.50. The van der Waals surface area contributed by atoms with E-state index in [-0.39, 0.29) is 12.1 Å². The smallest absolute Gasteiger partial charge is 0.409 e. The van der Waals surface area contributed by atoms with E-state index in [0.29, 0.717) is 5.92 Å². The fraction of sp³-hybridized carbons (Fsp3) is 0.632. The van der Waals surface area contributed by atoms with Gasteiger partial charge in [-0.2, -0.15) is 0 Å². The zero-order valence-electron chi connectivity index (χ0n) is 14.5. The van der Waals surface area contributed by atoms with Gasteiger partial charge < -0.3 is 14.6 Å². The topological polar surface area (TPSA) is 59.0 Å². The van der Waals surface area contributed by atoms with Crippen LogP contribution in [0.4, 0.5) is 4.79 Å². The minimum absolute atomic E-state index is 0.125. The Kier molecular flexibility index (Phi) is 5.11. The van der Waals surface area contributed by atoms with Crippen molar-refractivity contribution in [1.29, 1.82) is 0 Å². The quantitative estimate of drug-likeness (QED) is 0.916. The Morgan fingerprint density at radius 1 is 1.33 bits per heavy atom. The zero-order valence-corrected chi connectivity index (χ0v) is 14.5. The van der Waals surface area contributed by atoms with Crippen LogP contribution in [0.3, 0.4) is 0 Å². The van der Waals surface area contributed by atoms with Crippen LogP contribution in [0.15, 0.2) is 30.3 Å². The van der Waals surface area contributed by atoms with Crippen LogP contribution in [0.25, 0.3) is 0 Å². The highest BCUT2D eigenvalue weighted by molar-refractivity contribution is 5.67. The molecule has 1 N–H and O–H groups in total. The highest BCUT2D eigenvalue weighted by atomic mass is 16.6. The number of nitrogens with zero attached hydrogens (tertiary/aromatic N) is 1. The van der Waals surface area contributed by atoms with Crippen molar-refractivity contribution in [3.63, 3.8) is 0 Å². The molecule has 0 saturated carbocycles. The van der Waals surface area contributed by atoms with E-state index < -0.39 is 11.8 Å². The molecule has 0 aliphatic carbocycles. The van der Waals surface area contributed by atoms with Gasteiger partial charge >= 0.3 is 6.09 Å². The first-order valence-electron chi connectivity index (χ1n) is 8.79. The first-order chi connectivity index (χ1) is 11.5. The second-order valence-corrected chi connectivity index (χ2v) is 7.33.